The number of piperidine rings is 1. The number of Topliss-reactive ketones (excluding diaryl/α,β-unsaturated/α-hetero) is 1. The third kappa shape index (κ3) is 4.71. The number of benzene rings is 3. The van der Waals surface area contributed by atoms with Crippen LogP contribution in [0.25, 0.3) is 10.1 Å². The van der Waals surface area contributed by atoms with Crippen molar-refractivity contribution in [2.24, 2.45) is 11.5 Å². The van der Waals surface area contributed by atoms with Crippen LogP contribution in [0.5, 0.6) is 11.5 Å². The summed E-state index contributed by atoms with van der Waals surface area (Å²) in [6, 6.07) is 11.4. The Morgan fingerprint density at radius 3 is 2.50 bits per heavy atom. The second-order valence-corrected chi connectivity index (χ2v) is 11.9. The number of likely N-dealkylation sites (tertiary alicyclic amines) is 1. The van der Waals surface area contributed by atoms with Gasteiger partial charge >= 0.3 is 0 Å². The van der Waals surface area contributed by atoms with Gasteiger partial charge in [0.05, 0.1) is 21.2 Å². The minimum atomic E-state index is -2.33. The number of thiophene rings is 1. The maximum Gasteiger partial charge on any atom is 0.262 e. The monoisotopic (exact) mass is 617 g/mol. The van der Waals surface area contributed by atoms with Crippen molar-refractivity contribution in [3.63, 3.8) is 0 Å². The highest BCUT2D eigenvalue weighted by atomic mass is 32.1. The Labute approximate surface area is 255 Å². The average molecular weight is 618 g/mol. The lowest BCUT2D eigenvalue weighted by Crippen LogP contribution is -2.53. The second kappa shape index (κ2) is 11.1. The van der Waals surface area contributed by atoms with Crippen molar-refractivity contribution in [3.8, 4) is 11.5 Å². The lowest BCUT2D eigenvalue weighted by atomic mass is 9.70. The van der Waals surface area contributed by atoms with Gasteiger partial charge < -0.3 is 32.2 Å². The van der Waals surface area contributed by atoms with Crippen molar-refractivity contribution in [2.75, 3.05) is 18.8 Å². The van der Waals surface area contributed by atoms with Gasteiger partial charge in [-0.15, -0.1) is 11.3 Å². The second-order valence-electron chi connectivity index (χ2n) is 10.9. The largest absolute Gasteiger partial charge is 0.457 e. The highest BCUT2D eigenvalue weighted by Crippen LogP contribution is 2.50. The molecule has 7 N–H and O–H groups in total. The van der Waals surface area contributed by atoms with E-state index in [0.29, 0.717) is 41.8 Å². The number of anilines is 1. The zero-order chi connectivity index (χ0) is 31.3. The summed E-state index contributed by atoms with van der Waals surface area (Å²) >= 11 is 1.02. The first-order chi connectivity index (χ1) is 21.0. The van der Waals surface area contributed by atoms with E-state index in [1.807, 2.05) is 0 Å². The normalized spacial score (nSPS) is 21.3. The van der Waals surface area contributed by atoms with E-state index in [4.69, 9.17) is 21.9 Å². The van der Waals surface area contributed by atoms with Crippen molar-refractivity contribution in [2.45, 2.75) is 30.5 Å². The number of nitrogen functional groups attached to an aromatic ring is 1. The van der Waals surface area contributed by atoms with Crippen LogP contribution in [0.4, 0.5) is 14.5 Å². The molecule has 226 valence electrons. The van der Waals surface area contributed by atoms with Crippen LogP contribution in [-0.2, 0) is 15.1 Å². The van der Waals surface area contributed by atoms with Crippen LogP contribution in [0.15, 0.2) is 67.3 Å². The summed E-state index contributed by atoms with van der Waals surface area (Å²) in [5, 5.41) is 3.26. The summed E-state index contributed by atoms with van der Waals surface area (Å²) in [5.41, 5.74) is 17.0. The molecule has 9 nitrogen and oxygen atoms in total. The van der Waals surface area contributed by atoms with Crippen LogP contribution < -0.4 is 27.3 Å². The Morgan fingerprint density at radius 1 is 1.11 bits per heavy atom. The van der Waals surface area contributed by atoms with E-state index in [1.165, 1.54) is 18.2 Å². The molecule has 6 rings (SSSR count). The van der Waals surface area contributed by atoms with E-state index < -0.39 is 40.5 Å². The van der Waals surface area contributed by atoms with E-state index in [1.54, 1.807) is 35.2 Å². The van der Waals surface area contributed by atoms with E-state index in [-0.39, 0.29) is 39.4 Å². The number of carbonyl (C=O) groups excluding carboxylic acids is 3. The maximum atomic E-state index is 15.8. The number of nitrogens with two attached hydrogens (primary N) is 3. The van der Waals surface area contributed by atoms with Crippen molar-refractivity contribution in [1.29, 1.82) is 0 Å². The van der Waals surface area contributed by atoms with Crippen molar-refractivity contribution < 1.29 is 27.9 Å². The Bertz CT molecular complexity index is 1820. The molecule has 1 aliphatic carbocycles. The third-order valence-electron chi connectivity index (χ3n) is 8.15. The van der Waals surface area contributed by atoms with Gasteiger partial charge in [0.15, 0.2) is 5.78 Å². The fraction of sp³-hybridized carbons (Fsp3) is 0.219. The van der Waals surface area contributed by atoms with E-state index in [9.17, 15) is 14.4 Å². The third-order valence-corrected chi connectivity index (χ3v) is 9.40. The van der Waals surface area contributed by atoms with Gasteiger partial charge in [0.2, 0.25) is 5.91 Å². The molecule has 0 spiro atoms. The molecular formula is C32H29F2N5O4S. The smallest absolute Gasteiger partial charge is 0.262 e. The zero-order valence-corrected chi connectivity index (χ0v) is 24.3. The quantitative estimate of drug-likeness (QED) is 0.186. The molecule has 1 aliphatic heterocycles. The number of ketones is 1. The fourth-order valence-corrected chi connectivity index (χ4v) is 7.30. The number of hydrogen-bond donors (Lipinski definition) is 4. The van der Waals surface area contributed by atoms with Crippen molar-refractivity contribution in [1.82, 2.24) is 10.2 Å². The SMILES string of the molecule is C=CC(=O)N1CCCC(NC(=O)c2sc3c(N)ccc4c3c2C(N)C(=O)C4(N)c2c(F)cc(Oc3ccccc3)cc2F)C1. The van der Waals surface area contributed by atoms with Crippen LogP contribution in [0, 0.1) is 11.6 Å². The molecule has 4 aromatic rings. The average Bonchev–Trinajstić information content (AvgIpc) is 3.41. The molecule has 2 amide bonds. The predicted molar refractivity (Wildman–Crippen MR) is 163 cm³/mol. The van der Waals surface area contributed by atoms with E-state index in [2.05, 4.69) is 11.9 Å². The molecule has 2 heterocycles. The number of nitrogens with one attached hydrogen (secondary N) is 1. The van der Waals surface area contributed by atoms with Crippen molar-refractivity contribution >= 4 is 44.7 Å². The number of para-hydroxylation sites is 1. The Hall–Kier alpha value is -4.65. The molecule has 0 saturated carbocycles. The number of carbonyl (C=O) groups is 3. The van der Waals surface area contributed by atoms with E-state index >= 15 is 8.78 Å². The molecule has 1 aromatic heterocycles. The lowest BCUT2D eigenvalue weighted by molar-refractivity contribution is -0.127. The number of hydrogen-bond acceptors (Lipinski definition) is 8. The van der Waals surface area contributed by atoms with Gasteiger partial charge in [-0.3, -0.25) is 14.4 Å². The molecule has 1 saturated heterocycles. The zero-order valence-electron chi connectivity index (χ0n) is 23.4. The Morgan fingerprint density at radius 2 is 1.82 bits per heavy atom. The van der Waals surface area contributed by atoms with Crippen LogP contribution >= 0.6 is 11.3 Å². The highest BCUT2D eigenvalue weighted by Gasteiger charge is 2.51. The number of nitrogens with zero attached hydrogens (tertiary/aromatic N) is 1. The summed E-state index contributed by atoms with van der Waals surface area (Å²) < 4.78 is 37.6. The van der Waals surface area contributed by atoms with Gasteiger partial charge in [-0.05, 0) is 42.7 Å². The first-order valence-corrected chi connectivity index (χ1v) is 14.7. The number of amides is 2. The maximum absolute atomic E-state index is 15.8. The molecule has 3 atom stereocenters. The molecule has 0 bridgehead atoms. The van der Waals surface area contributed by atoms with Gasteiger partial charge in [-0.2, -0.15) is 0 Å². The molecule has 0 radical (unpaired) electrons. The minimum Gasteiger partial charge on any atom is -0.457 e. The van der Waals surface area contributed by atoms with Gasteiger partial charge in [0.1, 0.15) is 28.7 Å². The summed E-state index contributed by atoms with van der Waals surface area (Å²) in [6.07, 6.45) is 2.55. The minimum absolute atomic E-state index is 0.0775. The van der Waals surface area contributed by atoms with Gasteiger partial charge in [0, 0.05) is 47.9 Å². The summed E-state index contributed by atoms with van der Waals surface area (Å²) in [7, 11) is 0. The lowest BCUT2D eigenvalue weighted by Gasteiger charge is -2.37. The summed E-state index contributed by atoms with van der Waals surface area (Å²) in [4.78, 5) is 41.5. The standard InChI is InChI=1S/C32H29F2N5O4S/c1-2-23(40)39-12-6-7-16(15-39)38-31(42)29-25-24-19(10-11-22(35)28(24)44-29)32(37,30(41)27(25)36)26-20(33)13-18(14-21(26)34)43-17-8-4-3-5-9-17/h2-5,8-11,13-14,16,27H,1,6-7,12,15,35-37H2,(H,38,42). The molecule has 2 aliphatic rings. The van der Waals surface area contributed by atoms with Crippen LogP contribution in [-0.4, -0.2) is 41.6 Å². The van der Waals surface area contributed by atoms with Crippen LogP contribution in [0.2, 0.25) is 0 Å². The topological polar surface area (TPSA) is 154 Å². The molecule has 1 fully saturated rings. The molecule has 44 heavy (non-hydrogen) atoms. The predicted octanol–water partition coefficient (Wildman–Crippen LogP) is 4.25. The van der Waals surface area contributed by atoms with Crippen LogP contribution in [0.1, 0.15) is 45.2 Å². The highest BCUT2D eigenvalue weighted by molar-refractivity contribution is 7.21. The Kier molecular flexibility index (Phi) is 7.44. The van der Waals surface area contributed by atoms with Gasteiger partial charge in [-0.25, -0.2) is 8.78 Å². The number of rotatable bonds is 6. The molecular weight excluding hydrogens is 588 g/mol. The Balaban J connectivity index is 1.42. The molecule has 3 unspecified atom stereocenters. The summed E-state index contributed by atoms with van der Waals surface area (Å²) in [6.45, 7) is 4.37. The van der Waals surface area contributed by atoms with Crippen molar-refractivity contribution in [3.05, 3.63) is 100 Å². The first kappa shape index (κ1) is 29.4. The number of ether oxygens (including phenoxy) is 1. The van der Waals surface area contributed by atoms with E-state index in [0.717, 1.165) is 23.5 Å². The molecule has 12 heteroatoms. The first-order valence-electron chi connectivity index (χ1n) is 13.9. The van der Waals surface area contributed by atoms with Gasteiger partial charge in [0.25, 0.3) is 5.91 Å². The van der Waals surface area contributed by atoms with Gasteiger partial charge in [-0.1, -0.05) is 30.8 Å². The molecule has 3 aromatic carbocycles. The van der Waals surface area contributed by atoms with Crippen LogP contribution in [0.3, 0.4) is 0 Å². The fourth-order valence-electron chi connectivity index (χ4n) is 6.09. The number of halogens is 2. The summed E-state index contributed by atoms with van der Waals surface area (Å²) in [5.74, 6) is -3.59.